The highest BCUT2D eigenvalue weighted by atomic mass is 16.6. The Morgan fingerprint density at radius 3 is 2.64 bits per heavy atom. The van der Waals surface area contributed by atoms with Crippen LogP contribution in [0.1, 0.15) is 51.8 Å². The van der Waals surface area contributed by atoms with Crippen LogP contribution in [0.5, 0.6) is 0 Å². The fourth-order valence-corrected chi connectivity index (χ4v) is 6.10. The number of fused-ring (bicyclic) bond motifs is 4. The first-order valence-corrected chi connectivity index (χ1v) is 13.6. The highest BCUT2D eigenvalue weighted by Crippen LogP contribution is 2.48. The molecule has 1 aromatic heterocycles. The normalized spacial score (nSPS) is 23.6. The number of aromatic amines is 1. The maximum Gasteiger partial charge on any atom is 0.308 e. The molecule has 192 valence electrons. The summed E-state index contributed by atoms with van der Waals surface area (Å²) < 4.78 is 6.41. The fraction of sp³-hybridized carbons (Fsp3) is 0.533. The van der Waals surface area contributed by atoms with E-state index in [9.17, 15) is 4.79 Å². The summed E-state index contributed by atoms with van der Waals surface area (Å²) in [7, 11) is 2.19. The SMILES string of the molecule is CC(C)C(=O)O[C@]1(CCN(C)CCCc2nc3ccccc3[nH]2)C[C@@H]2CC[C@H]1CN2c1ccccc1. The van der Waals surface area contributed by atoms with Gasteiger partial charge in [0.2, 0.25) is 0 Å². The molecule has 3 aliphatic rings. The zero-order chi connectivity index (χ0) is 25.1. The van der Waals surface area contributed by atoms with E-state index in [-0.39, 0.29) is 17.5 Å². The number of hydrogen-bond acceptors (Lipinski definition) is 5. The van der Waals surface area contributed by atoms with Crippen LogP contribution in [-0.4, -0.2) is 59.2 Å². The Labute approximate surface area is 215 Å². The van der Waals surface area contributed by atoms with E-state index in [1.54, 1.807) is 0 Å². The molecule has 2 aliphatic heterocycles. The number of nitrogens with one attached hydrogen (secondary N) is 1. The van der Waals surface area contributed by atoms with Gasteiger partial charge in [-0.2, -0.15) is 0 Å². The first-order valence-electron chi connectivity index (χ1n) is 13.6. The first kappa shape index (κ1) is 24.8. The van der Waals surface area contributed by atoms with E-state index in [1.807, 2.05) is 26.0 Å². The topological polar surface area (TPSA) is 61.5 Å². The summed E-state index contributed by atoms with van der Waals surface area (Å²) in [6, 6.07) is 19.3. The number of para-hydroxylation sites is 3. The molecule has 3 heterocycles. The van der Waals surface area contributed by atoms with Gasteiger partial charge in [0.25, 0.3) is 0 Å². The van der Waals surface area contributed by atoms with Crippen molar-refractivity contribution >= 4 is 22.7 Å². The Morgan fingerprint density at radius 2 is 1.92 bits per heavy atom. The van der Waals surface area contributed by atoms with Gasteiger partial charge in [0.05, 0.1) is 17.0 Å². The molecule has 0 amide bonds. The number of esters is 1. The van der Waals surface area contributed by atoms with Gasteiger partial charge in [-0.25, -0.2) is 4.98 Å². The van der Waals surface area contributed by atoms with Crippen LogP contribution >= 0.6 is 0 Å². The van der Waals surface area contributed by atoms with Crippen LogP contribution in [0.3, 0.4) is 0 Å². The van der Waals surface area contributed by atoms with E-state index in [0.29, 0.717) is 12.0 Å². The van der Waals surface area contributed by atoms with Gasteiger partial charge in [-0.15, -0.1) is 0 Å². The number of carbonyl (C=O) groups is 1. The molecular weight excluding hydrogens is 448 g/mol. The number of benzene rings is 2. The van der Waals surface area contributed by atoms with Crippen LogP contribution in [0.15, 0.2) is 54.6 Å². The molecule has 1 aliphatic carbocycles. The Balaban J connectivity index is 1.21. The molecule has 1 N–H and O–H groups in total. The number of aryl methyl sites for hydroxylation is 1. The summed E-state index contributed by atoms with van der Waals surface area (Å²) in [5.41, 5.74) is 3.07. The van der Waals surface area contributed by atoms with E-state index in [2.05, 4.69) is 64.3 Å². The molecule has 3 fully saturated rings. The van der Waals surface area contributed by atoms with Gasteiger partial charge in [-0.3, -0.25) is 4.79 Å². The lowest BCUT2D eigenvalue weighted by molar-refractivity contribution is -0.180. The van der Waals surface area contributed by atoms with Crippen molar-refractivity contribution < 1.29 is 9.53 Å². The van der Waals surface area contributed by atoms with Crippen LogP contribution in [-0.2, 0) is 16.0 Å². The average Bonchev–Trinajstić information content (AvgIpc) is 3.31. The summed E-state index contributed by atoms with van der Waals surface area (Å²) in [5, 5.41) is 0. The summed E-state index contributed by atoms with van der Waals surface area (Å²) in [6.07, 6.45) is 6.11. The maximum absolute atomic E-state index is 12.8. The molecule has 2 saturated heterocycles. The minimum atomic E-state index is -0.359. The van der Waals surface area contributed by atoms with Crippen molar-refractivity contribution in [3.8, 4) is 0 Å². The minimum absolute atomic E-state index is 0.0543. The lowest BCUT2D eigenvalue weighted by atomic mass is 9.66. The van der Waals surface area contributed by atoms with Gasteiger partial charge in [0.15, 0.2) is 0 Å². The summed E-state index contributed by atoms with van der Waals surface area (Å²) in [5.74, 6) is 1.27. The smallest absolute Gasteiger partial charge is 0.308 e. The lowest BCUT2D eigenvalue weighted by Gasteiger charge is -2.56. The van der Waals surface area contributed by atoms with Gasteiger partial charge in [0, 0.05) is 50.0 Å². The van der Waals surface area contributed by atoms with Crippen molar-refractivity contribution in [2.45, 2.75) is 64.0 Å². The molecule has 0 radical (unpaired) electrons. The van der Waals surface area contributed by atoms with Crippen molar-refractivity contribution in [1.82, 2.24) is 14.9 Å². The number of ether oxygens (including phenoxy) is 1. The highest BCUT2D eigenvalue weighted by Gasteiger charge is 2.53. The zero-order valence-electron chi connectivity index (χ0n) is 22.0. The second-order valence-corrected chi connectivity index (χ2v) is 11.1. The molecule has 6 rings (SSSR count). The molecular formula is C30H40N4O2. The molecule has 0 unspecified atom stereocenters. The number of imidazole rings is 1. The van der Waals surface area contributed by atoms with E-state index in [0.717, 1.165) is 68.6 Å². The Morgan fingerprint density at radius 1 is 1.14 bits per heavy atom. The molecule has 3 atom stereocenters. The van der Waals surface area contributed by atoms with Crippen LogP contribution < -0.4 is 4.90 Å². The van der Waals surface area contributed by atoms with Crippen molar-refractivity contribution in [1.29, 1.82) is 0 Å². The second kappa shape index (κ2) is 10.6. The maximum atomic E-state index is 12.8. The predicted octanol–water partition coefficient (Wildman–Crippen LogP) is 5.44. The third kappa shape index (κ3) is 5.29. The van der Waals surface area contributed by atoms with Crippen molar-refractivity contribution in [2.24, 2.45) is 11.8 Å². The number of nitrogens with zero attached hydrogens (tertiary/aromatic N) is 3. The van der Waals surface area contributed by atoms with E-state index in [4.69, 9.17) is 9.72 Å². The van der Waals surface area contributed by atoms with Gasteiger partial charge in [-0.1, -0.05) is 44.2 Å². The van der Waals surface area contributed by atoms with Crippen LogP contribution in [0.25, 0.3) is 11.0 Å². The Bertz CT molecular complexity index is 1130. The number of hydrogen-bond donors (Lipinski definition) is 1. The predicted molar refractivity (Wildman–Crippen MR) is 145 cm³/mol. The van der Waals surface area contributed by atoms with Crippen molar-refractivity contribution in [3.05, 3.63) is 60.4 Å². The van der Waals surface area contributed by atoms with Crippen LogP contribution in [0.2, 0.25) is 0 Å². The lowest BCUT2D eigenvalue weighted by Crippen LogP contribution is -2.63. The van der Waals surface area contributed by atoms with Crippen LogP contribution in [0, 0.1) is 11.8 Å². The first-order chi connectivity index (χ1) is 17.4. The standard InChI is InChI=1S/C30H40N4O2/c1-22(2)29(35)36-30(20-25-16-15-23(30)21-34(25)24-10-5-4-6-11-24)17-19-33(3)18-9-14-28-31-26-12-7-8-13-27(26)32-28/h4-8,10-13,22-23,25H,9,14-21H2,1-3H3,(H,31,32)/t23-,25-,30+/m0/s1. The van der Waals surface area contributed by atoms with Gasteiger partial charge >= 0.3 is 5.97 Å². The molecule has 6 nitrogen and oxygen atoms in total. The van der Waals surface area contributed by atoms with Gasteiger partial charge in [-0.05, 0) is 57.1 Å². The molecule has 2 aromatic carbocycles. The van der Waals surface area contributed by atoms with E-state index < -0.39 is 0 Å². The number of piperidine rings is 2. The third-order valence-corrected chi connectivity index (χ3v) is 8.20. The number of aromatic nitrogens is 2. The van der Waals surface area contributed by atoms with E-state index >= 15 is 0 Å². The average molecular weight is 489 g/mol. The molecule has 6 heteroatoms. The Kier molecular flexibility index (Phi) is 7.33. The van der Waals surface area contributed by atoms with Crippen LogP contribution in [0.4, 0.5) is 5.69 Å². The molecule has 3 aromatic rings. The number of carbonyl (C=O) groups excluding carboxylic acids is 1. The molecule has 2 bridgehead atoms. The number of H-pyrrole nitrogens is 1. The largest absolute Gasteiger partial charge is 0.458 e. The third-order valence-electron chi connectivity index (χ3n) is 8.20. The molecule has 0 spiro atoms. The summed E-state index contributed by atoms with van der Waals surface area (Å²) in [4.78, 5) is 25.9. The zero-order valence-corrected chi connectivity index (χ0v) is 22.0. The monoisotopic (exact) mass is 488 g/mol. The molecule has 1 saturated carbocycles. The fourth-order valence-electron chi connectivity index (χ4n) is 6.10. The summed E-state index contributed by atoms with van der Waals surface area (Å²) >= 11 is 0. The van der Waals surface area contributed by atoms with Crippen molar-refractivity contribution in [3.63, 3.8) is 0 Å². The minimum Gasteiger partial charge on any atom is -0.458 e. The molecule has 36 heavy (non-hydrogen) atoms. The number of rotatable bonds is 10. The number of anilines is 1. The van der Waals surface area contributed by atoms with Crippen molar-refractivity contribution in [2.75, 3.05) is 31.6 Å². The Hall–Kier alpha value is -2.86. The highest BCUT2D eigenvalue weighted by molar-refractivity contribution is 5.74. The second-order valence-electron chi connectivity index (χ2n) is 11.1. The van der Waals surface area contributed by atoms with Gasteiger partial charge in [0.1, 0.15) is 11.4 Å². The quantitative estimate of drug-likeness (QED) is 0.385. The van der Waals surface area contributed by atoms with Gasteiger partial charge < -0.3 is 19.5 Å². The van der Waals surface area contributed by atoms with E-state index in [1.165, 1.54) is 12.1 Å². The summed E-state index contributed by atoms with van der Waals surface area (Å²) in [6.45, 7) is 6.78.